The Morgan fingerprint density at radius 2 is 1.82 bits per heavy atom. The lowest BCUT2D eigenvalue weighted by Crippen LogP contribution is -2.24. The van der Waals surface area contributed by atoms with Crippen LogP contribution in [0.1, 0.15) is 33.6 Å². The smallest absolute Gasteiger partial charge is 0.340 e. The maximum absolute atomic E-state index is 10.1. The van der Waals surface area contributed by atoms with Gasteiger partial charge in [0.1, 0.15) is 0 Å². The second kappa shape index (κ2) is 6.74. The number of halogens is 2. The van der Waals surface area contributed by atoms with Crippen LogP contribution in [0.4, 0.5) is 0 Å². The van der Waals surface area contributed by atoms with E-state index in [1.165, 1.54) is 0 Å². The summed E-state index contributed by atoms with van der Waals surface area (Å²) in [4.78, 5) is 10.1. The number of alkyl halides is 2. The van der Waals surface area contributed by atoms with E-state index in [9.17, 15) is 4.79 Å². The molecule has 0 atom stereocenters. The lowest BCUT2D eigenvalue weighted by Gasteiger charge is -2.10. The molecular formula is C7H14Cl2O2. The lowest BCUT2D eigenvalue weighted by atomic mass is 10.2. The largest absolute Gasteiger partial charge is 0.479 e. The molecule has 0 aliphatic rings. The summed E-state index contributed by atoms with van der Waals surface area (Å²) in [6.07, 6.45) is 0.949. The SMILES string of the molecule is CC.CCCC(Cl)(Cl)C(=O)O. The van der Waals surface area contributed by atoms with Gasteiger partial charge in [-0.3, -0.25) is 0 Å². The number of carboxylic acids is 1. The van der Waals surface area contributed by atoms with Gasteiger partial charge in [0.25, 0.3) is 0 Å². The molecular weight excluding hydrogens is 187 g/mol. The first kappa shape index (κ1) is 13.6. The summed E-state index contributed by atoms with van der Waals surface area (Å²) in [5.74, 6) is -1.17. The highest BCUT2D eigenvalue weighted by atomic mass is 35.5. The van der Waals surface area contributed by atoms with E-state index in [0.29, 0.717) is 6.42 Å². The van der Waals surface area contributed by atoms with Gasteiger partial charge in [-0.05, 0) is 6.42 Å². The summed E-state index contributed by atoms with van der Waals surface area (Å²) in [6.45, 7) is 5.82. The van der Waals surface area contributed by atoms with Gasteiger partial charge in [0, 0.05) is 0 Å². The fourth-order valence-electron chi connectivity index (χ4n) is 0.421. The van der Waals surface area contributed by atoms with Crippen LogP contribution in [0.25, 0.3) is 0 Å². The van der Waals surface area contributed by atoms with E-state index in [1.807, 2.05) is 20.8 Å². The number of hydrogen-bond acceptors (Lipinski definition) is 1. The van der Waals surface area contributed by atoms with Crippen LogP contribution in [-0.4, -0.2) is 15.4 Å². The quantitative estimate of drug-likeness (QED) is 0.712. The third-order valence-corrected chi connectivity index (χ3v) is 1.58. The Morgan fingerprint density at radius 1 is 1.45 bits per heavy atom. The van der Waals surface area contributed by atoms with Gasteiger partial charge in [0.15, 0.2) is 0 Å². The number of hydrogen-bond donors (Lipinski definition) is 1. The standard InChI is InChI=1S/C5H8Cl2O2.C2H6/c1-2-3-5(6,7)4(8)9;1-2/h2-3H2,1H3,(H,8,9);1-2H3. The van der Waals surface area contributed by atoms with Crippen LogP contribution in [0.2, 0.25) is 0 Å². The van der Waals surface area contributed by atoms with Crippen LogP contribution >= 0.6 is 23.2 Å². The second-order valence-corrected chi connectivity index (χ2v) is 3.24. The molecule has 0 saturated carbocycles. The molecule has 0 spiro atoms. The summed E-state index contributed by atoms with van der Waals surface area (Å²) in [5, 5.41) is 8.31. The monoisotopic (exact) mass is 200 g/mol. The maximum Gasteiger partial charge on any atom is 0.340 e. The Balaban J connectivity index is 0. The highest BCUT2D eigenvalue weighted by Crippen LogP contribution is 2.26. The van der Waals surface area contributed by atoms with E-state index < -0.39 is 10.3 Å². The summed E-state index contributed by atoms with van der Waals surface area (Å²) < 4.78 is -1.59. The van der Waals surface area contributed by atoms with Gasteiger partial charge in [0.05, 0.1) is 0 Å². The van der Waals surface area contributed by atoms with Crippen molar-refractivity contribution >= 4 is 29.2 Å². The molecule has 0 aliphatic heterocycles. The molecule has 0 aliphatic carbocycles. The number of carbonyl (C=O) groups is 1. The van der Waals surface area contributed by atoms with Crippen molar-refractivity contribution in [3.05, 3.63) is 0 Å². The molecule has 0 saturated heterocycles. The van der Waals surface area contributed by atoms with Gasteiger partial charge in [-0.15, -0.1) is 0 Å². The topological polar surface area (TPSA) is 37.3 Å². The first-order valence-corrected chi connectivity index (χ1v) is 4.37. The van der Waals surface area contributed by atoms with Gasteiger partial charge in [-0.25, -0.2) is 4.79 Å². The van der Waals surface area contributed by atoms with Crippen molar-refractivity contribution in [1.29, 1.82) is 0 Å². The Bertz CT molecular complexity index is 113. The minimum atomic E-state index is -1.59. The van der Waals surface area contributed by atoms with Crippen molar-refractivity contribution in [3.63, 3.8) is 0 Å². The van der Waals surface area contributed by atoms with Crippen LogP contribution in [0.15, 0.2) is 0 Å². The van der Waals surface area contributed by atoms with Crippen molar-refractivity contribution in [3.8, 4) is 0 Å². The third-order valence-electron chi connectivity index (χ3n) is 0.877. The highest BCUT2D eigenvalue weighted by molar-refractivity contribution is 6.57. The van der Waals surface area contributed by atoms with Crippen LogP contribution in [0.3, 0.4) is 0 Å². The minimum absolute atomic E-state index is 0.283. The lowest BCUT2D eigenvalue weighted by molar-refractivity contribution is -0.137. The highest BCUT2D eigenvalue weighted by Gasteiger charge is 2.31. The van der Waals surface area contributed by atoms with Crippen molar-refractivity contribution in [2.75, 3.05) is 0 Å². The predicted octanol–water partition coefficient (Wildman–Crippen LogP) is 3.07. The van der Waals surface area contributed by atoms with Gasteiger partial charge >= 0.3 is 5.97 Å². The van der Waals surface area contributed by atoms with E-state index in [2.05, 4.69) is 0 Å². The Kier molecular flexibility index (Phi) is 8.35. The number of aliphatic carboxylic acids is 1. The van der Waals surface area contributed by atoms with E-state index in [4.69, 9.17) is 28.3 Å². The zero-order chi connectivity index (χ0) is 9.49. The van der Waals surface area contributed by atoms with Gasteiger partial charge < -0.3 is 5.11 Å². The molecule has 0 heterocycles. The number of carboxylic acid groups (broad SMARTS) is 1. The van der Waals surface area contributed by atoms with E-state index in [0.717, 1.165) is 0 Å². The summed E-state index contributed by atoms with van der Waals surface area (Å²) in [7, 11) is 0. The summed E-state index contributed by atoms with van der Waals surface area (Å²) >= 11 is 10.7. The molecule has 1 N–H and O–H groups in total. The molecule has 0 rings (SSSR count). The molecule has 0 amide bonds. The van der Waals surface area contributed by atoms with E-state index in [-0.39, 0.29) is 6.42 Å². The minimum Gasteiger partial charge on any atom is -0.479 e. The van der Waals surface area contributed by atoms with Crippen LogP contribution < -0.4 is 0 Å². The normalized spacial score (nSPS) is 9.91. The Hall–Kier alpha value is 0.0500. The van der Waals surface area contributed by atoms with E-state index in [1.54, 1.807) is 0 Å². The molecule has 0 aromatic rings. The van der Waals surface area contributed by atoms with Crippen LogP contribution in [0.5, 0.6) is 0 Å². The molecule has 0 fully saturated rings. The molecule has 4 heteroatoms. The van der Waals surface area contributed by atoms with Crippen molar-refractivity contribution in [2.24, 2.45) is 0 Å². The number of rotatable bonds is 3. The van der Waals surface area contributed by atoms with Crippen LogP contribution in [0, 0.1) is 0 Å². The summed E-state index contributed by atoms with van der Waals surface area (Å²) in [5.41, 5.74) is 0. The zero-order valence-corrected chi connectivity index (χ0v) is 8.54. The zero-order valence-electron chi connectivity index (χ0n) is 7.03. The van der Waals surface area contributed by atoms with Crippen LogP contribution in [-0.2, 0) is 4.79 Å². The fraction of sp³-hybridized carbons (Fsp3) is 0.857. The van der Waals surface area contributed by atoms with Crippen molar-refractivity contribution in [2.45, 2.75) is 37.9 Å². The first-order chi connectivity index (χ1) is 5.00. The first-order valence-electron chi connectivity index (χ1n) is 3.62. The third kappa shape index (κ3) is 6.45. The summed E-state index contributed by atoms with van der Waals surface area (Å²) in [6, 6.07) is 0. The Labute approximate surface area is 77.5 Å². The second-order valence-electron chi connectivity index (χ2n) is 1.76. The van der Waals surface area contributed by atoms with Crippen molar-refractivity contribution in [1.82, 2.24) is 0 Å². The van der Waals surface area contributed by atoms with Gasteiger partial charge in [0.2, 0.25) is 4.33 Å². The van der Waals surface area contributed by atoms with E-state index >= 15 is 0 Å². The molecule has 0 radical (unpaired) electrons. The maximum atomic E-state index is 10.1. The van der Waals surface area contributed by atoms with Gasteiger partial charge in [-0.2, -0.15) is 0 Å². The molecule has 0 aromatic carbocycles. The fourth-order valence-corrected chi connectivity index (χ4v) is 0.799. The van der Waals surface area contributed by atoms with Gasteiger partial charge in [-0.1, -0.05) is 50.4 Å². The molecule has 0 unspecified atom stereocenters. The Morgan fingerprint density at radius 3 is 1.91 bits per heavy atom. The molecule has 68 valence electrons. The molecule has 0 aromatic heterocycles. The van der Waals surface area contributed by atoms with Crippen molar-refractivity contribution < 1.29 is 9.90 Å². The average Bonchev–Trinajstić information content (AvgIpc) is 1.92. The molecule has 2 nitrogen and oxygen atoms in total. The predicted molar refractivity (Wildman–Crippen MR) is 48.3 cm³/mol. The molecule has 11 heavy (non-hydrogen) atoms. The molecule has 0 bridgehead atoms. The average molecular weight is 201 g/mol.